The molecule has 4 rings (SSSR count). The molecule has 0 saturated carbocycles. The Hall–Kier alpha value is -5.09. The topological polar surface area (TPSA) is 105 Å². The van der Waals surface area contributed by atoms with Crippen LogP contribution in [0.5, 0.6) is 17.2 Å². The van der Waals surface area contributed by atoms with Crippen LogP contribution in [0.4, 0.5) is 39.5 Å². The van der Waals surface area contributed by atoms with Crippen LogP contribution in [0.2, 0.25) is 0 Å². The zero-order valence-corrected chi connectivity index (χ0v) is 18.9. The quantitative estimate of drug-likeness (QED) is 0.151. The van der Waals surface area contributed by atoms with Crippen molar-refractivity contribution < 1.29 is 77.6 Å². The largest absolute Gasteiger partial charge is 0.452 e. The molecule has 0 amide bonds. The number of hydrogen-bond donors (Lipinski definition) is 0. The van der Waals surface area contributed by atoms with Crippen molar-refractivity contribution in [2.24, 2.45) is 0 Å². The zero-order valence-electron chi connectivity index (χ0n) is 18.9. The summed E-state index contributed by atoms with van der Waals surface area (Å²) < 4.78 is 146. The van der Waals surface area contributed by atoms with Crippen LogP contribution in [0.15, 0.2) is 35.1 Å². The number of benzene rings is 2. The van der Waals surface area contributed by atoms with Crippen molar-refractivity contribution >= 4 is 23.9 Å². The lowest BCUT2D eigenvalue weighted by Crippen LogP contribution is -2.10. The standard InChI is InChI=1S/C23H5F9O8/c1-3(24)5-6(21(34)39-20(5)33)9(25)4(2)37-18-13(29)15(31)19(16(32)14(18)30)38-17-11(27)8-7(10(26)12(17)28)22(35)40-23(8)36/h1H2,2H3/b9-4-. The normalized spacial score (nSPS) is 15.2. The van der Waals surface area contributed by atoms with Crippen molar-refractivity contribution in [2.45, 2.75) is 6.92 Å². The zero-order chi connectivity index (χ0) is 30.0. The SMILES string of the molecule is C=C(F)C1=C(/C(F)=C(\C)Oc2c(F)c(F)c(Oc3c(F)c(F)c4c(c3F)C(=O)OC4=O)c(F)c2F)C(=O)OC1=O. The smallest absolute Gasteiger partial charge is 0.350 e. The van der Waals surface area contributed by atoms with Crippen molar-refractivity contribution in [1.82, 2.24) is 0 Å². The maximum atomic E-state index is 14.7. The number of allylic oxidation sites excluding steroid dienone is 1. The third-order valence-electron chi connectivity index (χ3n) is 5.16. The summed E-state index contributed by atoms with van der Waals surface area (Å²) in [5.41, 5.74) is -5.85. The molecular weight excluding hydrogens is 575 g/mol. The van der Waals surface area contributed by atoms with Crippen LogP contribution in [0.25, 0.3) is 0 Å². The molecule has 208 valence electrons. The van der Waals surface area contributed by atoms with Crippen LogP contribution in [-0.2, 0) is 19.1 Å². The number of rotatable bonds is 6. The average Bonchev–Trinajstić information content (AvgIpc) is 3.36. The predicted molar refractivity (Wildman–Crippen MR) is 105 cm³/mol. The van der Waals surface area contributed by atoms with E-state index in [-0.39, 0.29) is 0 Å². The van der Waals surface area contributed by atoms with E-state index < -0.39 is 122 Å². The molecule has 17 heteroatoms. The Kier molecular flexibility index (Phi) is 6.69. The third kappa shape index (κ3) is 4.05. The Balaban J connectivity index is 1.80. The van der Waals surface area contributed by atoms with Crippen molar-refractivity contribution in [3.05, 3.63) is 87.0 Å². The van der Waals surface area contributed by atoms with Gasteiger partial charge < -0.3 is 18.9 Å². The predicted octanol–water partition coefficient (Wildman–Crippen LogP) is 5.21. The van der Waals surface area contributed by atoms with Gasteiger partial charge in [-0.15, -0.1) is 0 Å². The molecule has 0 fully saturated rings. The van der Waals surface area contributed by atoms with Crippen molar-refractivity contribution in [1.29, 1.82) is 0 Å². The highest BCUT2D eigenvalue weighted by Crippen LogP contribution is 2.42. The second-order valence-electron chi connectivity index (χ2n) is 7.52. The molecule has 0 spiro atoms. The van der Waals surface area contributed by atoms with Crippen LogP contribution in [0.1, 0.15) is 27.6 Å². The highest BCUT2D eigenvalue weighted by molar-refractivity contribution is 6.16. The Morgan fingerprint density at radius 1 is 0.600 bits per heavy atom. The van der Waals surface area contributed by atoms with Crippen molar-refractivity contribution in [2.75, 3.05) is 0 Å². The van der Waals surface area contributed by atoms with Crippen LogP contribution in [0.3, 0.4) is 0 Å². The van der Waals surface area contributed by atoms with Gasteiger partial charge in [-0.2, -0.15) is 22.0 Å². The Bertz CT molecular complexity index is 1660. The molecule has 0 radical (unpaired) electrons. The van der Waals surface area contributed by atoms with Crippen LogP contribution in [-0.4, -0.2) is 23.9 Å². The summed E-state index contributed by atoms with van der Waals surface area (Å²) in [7, 11) is 0. The molecule has 0 N–H and O–H groups in total. The summed E-state index contributed by atoms with van der Waals surface area (Å²) in [5.74, 6) is -35.9. The molecule has 0 unspecified atom stereocenters. The van der Waals surface area contributed by atoms with Gasteiger partial charge in [-0.3, -0.25) is 0 Å². The van der Waals surface area contributed by atoms with Crippen molar-refractivity contribution in [3.8, 4) is 17.2 Å². The number of cyclic esters (lactones) is 4. The van der Waals surface area contributed by atoms with E-state index in [0.717, 1.165) is 0 Å². The number of fused-ring (bicyclic) bond motifs is 1. The second kappa shape index (κ2) is 9.58. The van der Waals surface area contributed by atoms with E-state index in [1.54, 1.807) is 0 Å². The first-order valence-electron chi connectivity index (χ1n) is 10.0. The fourth-order valence-corrected chi connectivity index (χ4v) is 3.38. The average molecular weight is 580 g/mol. The van der Waals surface area contributed by atoms with Gasteiger partial charge in [-0.25, -0.2) is 36.7 Å². The van der Waals surface area contributed by atoms with Crippen molar-refractivity contribution in [3.63, 3.8) is 0 Å². The lowest BCUT2D eigenvalue weighted by atomic mass is 10.1. The van der Waals surface area contributed by atoms with E-state index in [1.807, 2.05) is 0 Å². The summed E-state index contributed by atoms with van der Waals surface area (Å²) >= 11 is 0. The number of esters is 4. The van der Waals surface area contributed by atoms with Gasteiger partial charge in [0, 0.05) is 0 Å². The first-order chi connectivity index (χ1) is 18.6. The van der Waals surface area contributed by atoms with E-state index in [0.29, 0.717) is 6.92 Å². The summed E-state index contributed by atoms with van der Waals surface area (Å²) in [6.45, 7) is 3.19. The number of carbonyl (C=O) groups is 4. The first-order valence-corrected chi connectivity index (χ1v) is 10.0. The Morgan fingerprint density at radius 2 is 1.00 bits per heavy atom. The van der Waals surface area contributed by atoms with Gasteiger partial charge in [0.05, 0.1) is 0 Å². The summed E-state index contributed by atoms with van der Waals surface area (Å²) in [5, 5.41) is 0. The number of halogens is 9. The molecule has 0 saturated heterocycles. The molecule has 2 aliphatic heterocycles. The first kappa shape index (κ1) is 27.9. The van der Waals surface area contributed by atoms with Crippen LogP contribution < -0.4 is 9.47 Å². The van der Waals surface area contributed by atoms with E-state index in [4.69, 9.17) is 0 Å². The second-order valence-corrected chi connectivity index (χ2v) is 7.52. The van der Waals surface area contributed by atoms with E-state index in [1.165, 1.54) is 0 Å². The maximum Gasteiger partial charge on any atom is 0.350 e. The number of ether oxygens (including phenoxy) is 4. The number of carbonyl (C=O) groups excluding carboxylic acids is 4. The molecule has 0 aromatic heterocycles. The molecule has 0 aliphatic carbocycles. The van der Waals surface area contributed by atoms with Gasteiger partial charge in [-0.1, -0.05) is 6.58 Å². The molecular formula is C23H5F9O8. The molecule has 2 aromatic rings. The summed E-state index contributed by atoms with van der Waals surface area (Å²) in [6.07, 6.45) is 0. The monoisotopic (exact) mass is 580 g/mol. The van der Waals surface area contributed by atoms with Gasteiger partial charge in [0.15, 0.2) is 17.5 Å². The third-order valence-corrected chi connectivity index (χ3v) is 5.16. The van der Waals surface area contributed by atoms with Gasteiger partial charge in [0.2, 0.25) is 46.3 Å². The van der Waals surface area contributed by atoms with Gasteiger partial charge >= 0.3 is 23.9 Å². The lowest BCUT2D eigenvalue weighted by molar-refractivity contribution is -0.151. The molecule has 0 atom stereocenters. The van der Waals surface area contributed by atoms with E-state index in [2.05, 4.69) is 25.5 Å². The molecule has 2 heterocycles. The van der Waals surface area contributed by atoms with Gasteiger partial charge in [0.1, 0.15) is 33.9 Å². The Labute approximate surface area is 213 Å². The minimum absolute atomic E-state index is 0.509. The number of hydrogen-bond acceptors (Lipinski definition) is 8. The molecule has 0 bridgehead atoms. The van der Waals surface area contributed by atoms with E-state index in [9.17, 15) is 58.7 Å². The maximum absolute atomic E-state index is 14.7. The molecule has 40 heavy (non-hydrogen) atoms. The Morgan fingerprint density at radius 3 is 1.52 bits per heavy atom. The lowest BCUT2D eigenvalue weighted by Gasteiger charge is -2.15. The van der Waals surface area contributed by atoms with Gasteiger partial charge in [0.25, 0.3) is 0 Å². The van der Waals surface area contributed by atoms with Crippen LogP contribution in [0, 0.1) is 40.7 Å². The highest BCUT2D eigenvalue weighted by atomic mass is 19.2. The molecule has 2 aliphatic rings. The summed E-state index contributed by atoms with van der Waals surface area (Å²) in [4.78, 5) is 46.2. The van der Waals surface area contributed by atoms with E-state index >= 15 is 0 Å². The molecule has 2 aromatic carbocycles. The fourth-order valence-electron chi connectivity index (χ4n) is 3.38. The van der Waals surface area contributed by atoms with Gasteiger partial charge in [-0.05, 0) is 6.92 Å². The van der Waals surface area contributed by atoms with Crippen LogP contribution >= 0.6 is 0 Å². The minimum atomic E-state index is -2.60. The summed E-state index contributed by atoms with van der Waals surface area (Å²) in [6, 6.07) is 0. The fraction of sp³-hybridized carbons (Fsp3) is 0.0435. The highest BCUT2D eigenvalue weighted by Gasteiger charge is 2.42. The minimum Gasteiger partial charge on any atom is -0.452 e. The molecule has 8 nitrogen and oxygen atoms in total.